The van der Waals surface area contributed by atoms with E-state index in [2.05, 4.69) is 39.8 Å². The highest BCUT2D eigenvalue weighted by molar-refractivity contribution is 7.17. The molecular weight excluding hydrogens is 454 g/mol. The first-order chi connectivity index (χ1) is 16.5. The van der Waals surface area contributed by atoms with Gasteiger partial charge in [-0.25, -0.2) is 0 Å². The van der Waals surface area contributed by atoms with E-state index in [1.165, 1.54) is 22.5 Å². The summed E-state index contributed by atoms with van der Waals surface area (Å²) in [4.78, 5) is 16.6. The molecule has 0 unspecified atom stereocenters. The minimum atomic E-state index is -0.754. The molecule has 0 fully saturated rings. The van der Waals surface area contributed by atoms with Gasteiger partial charge >= 0.3 is 0 Å². The van der Waals surface area contributed by atoms with Gasteiger partial charge in [-0.3, -0.25) is 4.79 Å². The molecule has 0 aliphatic heterocycles. The molecule has 1 heterocycles. The number of hydrogen-bond donors (Lipinski definition) is 1. The molecule has 0 radical (unpaired) electrons. The fourth-order valence-corrected chi connectivity index (χ4v) is 6.06. The Hall–Kier alpha value is -2.63. The third kappa shape index (κ3) is 4.76. The summed E-state index contributed by atoms with van der Waals surface area (Å²) in [6.45, 7) is 11.1. The van der Waals surface area contributed by atoms with Gasteiger partial charge < -0.3 is 14.7 Å². The number of aliphatic hydroxyl groups is 1. The zero-order valence-corrected chi connectivity index (χ0v) is 22.7. The Morgan fingerprint density at radius 1 is 1.00 bits per heavy atom. The second-order valence-electron chi connectivity index (χ2n) is 11.0. The summed E-state index contributed by atoms with van der Waals surface area (Å²) in [7, 11) is 3.47. The van der Waals surface area contributed by atoms with Gasteiger partial charge in [-0.1, -0.05) is 58.0 Å². The number of carbonyl (C=O) groups excluding carboxylic acids is 1. The van der Waals surface area contributed by atoms with Gasteiger partial charge in [0.2, 0.25) is 0 Å². The predicted octanol–water partition coefficient (Wildman–Crippen LogP) is 6.97. The van der Waals surface area contributed by atoms with Crippen molar-refractivity contribution in [2.24, 2.45) is 0 Å². The molecule has 5 heteroatoms. The number of benzene rings is 2. The maximum absolute atomic E-state index is 13.3. The number of amides is 1. The SMILES string of the molecule is COc1cc2c(cc1-c1ccc(C(=O)N(C)[C@H](C)[C@@H](O)c3ccccc3)s1)C(C)(C)CCC2(C)C. The second-order valence-corrected chi connectivity index (χ2v) is 12.1. The Balaban J connectivity index is 1.65. The van der Waals surface area contributed by atoms with Crippen LogP contribution >= 0.6 is 11.3 Å². The quantitative estimate of drug-likeness (QED) is 0.405. The minimum absolute atomic E-state index is 0.0883. The second kappa shape index (κ2) is 9.44. The Bertz CT molecular complexity index is 1210. The van der Waals surface area contributed by atoms with Gasteiger partial charge in [-0.05, 0) is 71.6 Å². The molecule has 4 rings (SSSR count). The maximum atomic E-state index is 13.3. The van der Waals surface area contributed by atoms with E-state index in [4.69, 9.17) is 4.74 Å². The van der Waals surface area contributed by atoms with Crippen LogP contribution in [-0.2, 0) is 10.8 Å². The number of rotatable bonds is 6. The van der Waals surface area contributed by atoms with Crippen LogP contribution in [0, 0.1) is 0 Å². The van der Waals surface area contributed by atoms with Crippen molar-refractivity contribution in [2.75, 3.05) is 14.2 Å². The average Bonchev–Trinajstić information content (AvgIpc) is 3.35. The molecule has 1 aliphatic carbocycles. The van der Waals surface area contributed by atoms with E-state index in [-0.39, 0.29) is 22.8 Å². The van der Waals surface area contributed by atoms with Crippen molar-refractivity contribution in [3.8, 4) is 16.2 Å². The van der Waals surface area contributed by atoms with Gasteiger partial charge in [-0.2, -0.15) is 0 Å². The van der Waals surface area contributed by atoms with Crippen molar-refractivity contribution < 1.29 is 14.6 Å². The van der Waals surface area contributed by atoms with E-state index in [0.717, 1.165) is 34.6 Å². The number of nitrogens with zero attached hydrogens (tertiary/aromatic N) is 1. The van der Waals surface area contributed by atoms with Crippen LogP contribution in [0.3, 0.4) is 0 Å². The highest BCUT2D eigenvalue weighted by Crippen LogP contribution is 2.49. The number of aliphatic hydroxyl groups excluding tert-OH is 1. The number of hydrogen-bond acceptors (Lipinski definition) is 4. The summed E-state index contributed by atoms with van der Waals surface area (Å²) in [5.74, 6) is 0.749. The van der Waals surface area contributed by atoms with E-state index in [1.54, 1.807) is 19.1 Å². The standard InChI is InChI=1S/C30H37NO3S/c1-19(27(32)20-11-9-8-10-12-20)31(6)28(33)26-14-13-25(35-26)21-17-22-23(18-24(21)34-7)30(4,5)16-15-29(22,2)3/h8-14,17-19,27,32H,15-16H2,1-7H3/t19-,27-/m1/s1. The molecule has 1 N–H and O–H groups in total. The highest BCUT2D eigenvalue weighted by Gasteiger charge is 2.38. The normalized spacial score (nSPS) is 17.8. The van der Waals surface area contributed by atoms with Crippen LogP contribution in [0.15, 0.2) is 54.6 Å². The van der Waals surface area contributed by atoms with Crippen molar-refractivity contribution in [2.45, 2.75) is 70.4 Å². The minimum Gasteiger partial charge on any atom is -0.496 e. The molecule has 1 aliphatic rings. The number of fused-ring (bicyclic) bond motifs is 1. The molecule has 186 valence electrons. The van der Waals surface area contributed by atoms with E-state index in [0.29, 0.717) is 4.88 Å². The lowest BCUT2D eigenvalue weighted by molar-refractivity contribution is 0.0491. The molecule has 2 atom stereocenters. The Labute approximate surface area is 213 Å². The molecule has 1 aromatic heterocycles. The zero-order valence-electron chi connectivity index (χ0n) is 21.9. The topological polar surface area (TPSA) is 49.8 Å². The van der Waals surface area contributed by atoms with E-state index in [1.807, 2.05) is 49.4 Å². The molecule has 0 saturated heterocycles. The van der Waals surface area contributed by atoms with Crippen molar-refractivity contribution in [1.82, 2.24) is 4.90 Å². The zero-order chi connectivity index (χ0) is 25.5. The van der Waals surface area contributed by atoms with Gasteiger partial charge in [0.1, 0.15) is 5.75 Å². The fraction of sp³-hybridized carbons (Fsp3) is 0.433. The first kappa shape index (κ1) is 25.5. The molecule has 0 bridgehead atoms. The molecule has 2 aromatic carbocycles. The van der Waals surface area contributed by atoms with E-state index < -0.39 is 6.10 Å². The summed E-state index contributed by atoms with van der Waals surface area (Å²) in [5.41, 5.74) is 4.74. The van der Waals surface area contributed by atoms with E-state index in [9.17, 15) is 9.90 Å². The number of ether oxygens (including phenoxy) is 1. The van der Waals surface area contributed by atoms with Gasteiger partial charge in [0.05, 0.1) is 24.1 Å². The summed E-state index contributed by atoms with van der Waals surface area (Å²) in [5, 5.41) is 10.8. The molecule has 1 amide bonds. The smallest absolute Gasteiger partial charge is 0.264 e. The Morgan fingerprint density at radius 3 is 2.20 bits per heavy atom. The van der Waals surface area contributed by atoms with Crippen LogP contribution in [0.5, 0.6) is 5.75 Å². The third-order valence-corrected chi connectivity index (χ3v) is 8.89. The van der Waals surface area contributed by atoms with Crippen LogP contribution < -0.4 is 4.74 Å². The molecule has 0 spiro atoms. The first-order valence-electron chi connectivity index (χ1n) is 12.3. The van der Waals surface area contributed by atoms with Crippen molar-refractivity contribution >= 4 is 17.2 Å². The lowest BCUT2D eigenvalue weighted by Gasteiger charge is -2.42. The monoisotopic (exact) mass is 491 g/mol. The Kier molecular flexibility index (Phi) is 6.87. The predicted molar refractivity (Wildman–Crippen MR) is 145 cm³/mol. The van der Waals surface area contributed by atoms with Crippen LogP contribution in [0.2, 0.25) is 0 Å². The number of methoxy groups -OCH3 is 1. The van der Waals surface area contributed by atoms with Gasteiger partial charge in [0.15, 0.2) is 0 Å². The lowest BCUT2D eigenvalue weighted by atomic mass is 9.63. The van der Waals surface area contributed by atoms with Crippen LogP contribution in [-0.4, -0.2) is 36.1 Å². The summed E-state index contributed by atoms with van der Waals surface area (Å²) < 4.78 is 5.84. The number of thiophene rings is 1. The largest absolute Gasteiger partial charge is 0.496 e. The van der Waals surface area contributed by atoms with Crippen molar-refractivity contribution in [3.05, 3.63) is 76.2 Å². The molecule has 0 saturated carbocycles. The summed E-state index contributed by atoms with van der Waals surface area (Å²) >= 11 is 1.47. The maximum Gasteiger partial charge on any atom is 0.264 e. The van der Waals surface area contributed by atoms with E-state index >= 15 is 0 Å². The van der Waals surface area contributed by atoms with Crippen LogP contribution in [0.25, 0.3) is 10.4 Å². The van der Waals surface area contributed by atoms with Crippen molar-refractivity contribution in [3.63, 3.8) is 0 Å². The van der Waals surface area contributed by atoms with Gasteiger partial charge in [-0.15, -0.1) is 11.3 Å². The molecule has 4 nitrogen and oxygen atoms in total. The van der Waals surface area contributed by atoms with Gasteiger partial charge in [0, 0.05) is 17.5 Å². The summed E-state index contributed by atoms with van der Waals surface area (Å²) in [6.07, 6.45) is 1.53. The van der Waals surface area contributed by atoms with Crippen molar-refractivity contribution in [1.29, 1.82) is 0 Å². The van der Waals surface area contributed by atoms with Crippen LogP contribution in [0.4, 0.5) is 0 Å². The first-order valence-corrected chi connectivity index (χ1v) is 13.1. The van der Waals surface area contributed by atoms with Crippen LogP contribution in [0.1, 0.15) is 79.9 Å². The summed E-state index contributed by atoms with van der Waals surface area (Å²) in [6, 6.07) is 17.5. The lowest BCUT2D eigenvalue weighted by Crippen LogP contribution is -2.38. The van der Waals surface area contributed by atoms with Gasteiger partial charge in [0.25, 0.3) is 5.91 Å². The highest BCUT2D eigenvalue weighted by atomic mass is 32.1. The molecule has 3 aromatic rings. The fourth-order valence-electron chi connectivity index (χ4n) is 5.05. The number of carbonyl (C=O) groups is 1. The molecule has 35 heavy (non-hydrogen) atoms. The third-order valence-electron chi connectivity index (χ3n) is 7.78. The Morgan fingerprint density at radius 2 is 1.60 bits per heavy atom. The molecular formula is C30H37NO3S. The average molecular weight is 492 g/mol. The number of likely N-dealkylation sites (N-methyl/N-ethyl adjacent to an activating group) is 1.